The monoisotopic (exact) mass is 303 g/mol. The van der Waals surface area contributed by atoms with E-state index in [1.807, 2.05) is 37.3 Å². The van der Waals surface area contributed by atoms with Crippen molar-refractivity contribution in [3.63, 3.8) is 0 Å². The molecule has 0 spiro atoms. The van der Waals surface area contributed by atoms with Crippen LogP contribution < -0.4 is 10.5 Å². The molecule has 0 aromatic heterocycles. The van der Waals surface area contributed by atoms with Gasteiger partial charge in [0.25, 0.3) is 0 Å². The second-order valence-corrected chi connectivity index (χ2v) is 5.87. The Hall–Kier alpha value is -1.51. The van der Waals surface area contributed by atoms with Crippen molar-refractivity contribution in [2.75, 3.05) is 0 Å². The number of halogens is 1. The van der Waals surface area contributed by atoms with Gasteiger partial charge in [0, 0.05) is 6.04 Å². The van der Waals surface area contributed by atoms with E-state index in [0.717, 1.165) is 17.7 Å². The summed E-state index contributed by atoms with van der Waals surface area (Å²) in [6.45, 7) is 6.34. The first kappa shape index (κ1) is 15.9. The van der Waals surface area contributed by atoms with Gasteiger partial charge in [-0.05, 0) is 54.7 Å². The van der Waals surface area contributed by atoms with E-state index in [0.29, 0.717) is 16.7 Å². The minimum atomic E-state index is -0.0358. The molecule has 0 heterocycles. The molecular weight excluding hydrogens is 282 g/mol. The number of hydrogen-bond donors (Lipinski definition) is 1. The number of benzene rings is 2. The van der Waals surface area contributed by atoms with Gasteiger partial charge in [-0.2, -0.15) is 0 Å². The first-order valence-electron chi connectivity index (χ1n) is 7.34. The molecular formula is C18H22ClNO. The van der Waals surface area contributed by atoms with Gasteiger partial charge in [-0.15, -0.1) is 0 Å². The molecule has 0 bridgehead atoms. The lowest BCUT2D eigenvalue weighted by Crippen LogP contribution is -2.04. The number of ether oxygens (including phenoxy) is 1. The smallest absolute Gasteiger partial charge is 0.146 e. The molecule has 0 fully saturated rings. The second-order valence-electron chi connectivity index (χ2n) is 5.46. The Morgan fingerprint density at radius 3 is 2.19 bits per heavy atom. The number of rotatable bonds is 5. The Morgan fingerprint density at radius 2 is 1.67 bits per heavy atom. The van der Waals surface area contributed by atoms with E-state index in [1.165, 1.54) is 5.56 Å². The molecule has 2 nitrogen and oxygen atoms in total. The van der Waals surface area contributed by atoms with Crippen LogP contribution in [0.1, 0.15) is 50.3 Å². The first-order valence-corrected chi connectivity index (χ1v) is 7.72. The molecule has 21 heavy (non-hydrogen) atoms. The maximum absolute atomic E-state index is 6.25. The van der Waals surface area contributed by atoms with Crippen LogP contribution in [-0.2, 0) is 0 Å². The van der Waals surface area contributed by atoms with Crippen LogP contribution >= 0.6 is 11.6 Å². The van der Waals surface area contributed by atoms with Crippen molar-refractivity contribution >= 4 is 11.6 Å². The first-order chi connectivity index (χ1) is 10.0. The topological polar surface area (TPSA) is 35.2 Å². The third-order valence-corrected chi connectivity index (χ3v) is 4.07. The average Bonchev–Trinajstić information content (AvgIpc) is 2.49. The molecule has 2 atom stereocenters. The van der Waals surface area contributed by atoms with Crippen molar-refractivity contribution in [3.05, 3.63) is 58.6 Å². The van der Waals surface area contributed by atoms with Gasteiger partial charge in [0.05, 0.1) is 5.02 Å². The Bertz CT molecular complexity index is 593. The summed E-state index contributed by atoms with van der Waals surface area (Å²) in [6, 6.07) is 13.8. The van der Waals surface area contributed by atoms with Gasteiger partial charge in [-0.25, -0.2) is 0 Å². The fourth-order valence-electron chi connectivity index (χ4n) is 2.11. The molecule has 3 heteroatoms. The van der Waals surface area contributed by atoms with E-state index in [4.69, 9.17) is 22.1 Å². The zero-order valence-corrected chi connectivity index (χ0v) is 13.5. The van der Waals surface area contributed by atoms with E-state index >= 15 is 0 Å². The van der Waals surface area contributed by atoms with Crippen LogP contribution in [0.2, 0.25) is 5.02 Å². The highest BCUT2D eigenvalue weighted by molar-refractivity contribution is 6.32. The van der Waals surface area contributed by atoms with Gasteiger partial charge >= 0.3 is 0 Å². The zero-order valence-electron chi connectivity index (χ0n) is 12.8. The van der Waals surface area contributed by atoms with Gasteiger partial charge < -0.3 is 10.5 Å². The Kier molecular flexibility index (Phi) is 5.27. The molecule has 2 aromatic carbocycles. The highest BCUT2D eigenvalue weighted by atomic mass is 35.5. The van der Waals surface area contributed by atoms with E-state index < -0.39 is 0 Å². The molecule has 0 saturated carbocycles. The van der Waals surface area contributed by atoms with Gasteiger partial charge in [0.2, 0.25) is 0 Å². The summed E-state index contributed by atoms with van der Waals surface area (Å²) in [7, 11) is 0. The third kappa shape index (κ3) is 3.99. The fraction of sp³-hybridized carbons (Fsp3) is 0.333. The minimum absolute atomic E-state index is 0.0358. The number of hydrogen-bond acceptors (Lipinski definition) is 2. The SMILES string of the molecule is CCC(C)c1ccc(Oc2ccc([C@@H](C)N)cc2Cl)cc1. The van der Waals surface area contributed by atoms with E-state index in [1.54, 1.807) is 0 Å². The zero-order chi connectivity index (χ0) is 15.4. The predicted molar refractivity (Wildman–Crippen MR) is 89.3 cm³/mol. The van der Waals surface area contributed by atoms with Gasteiger partial charge in [0.15, 0.2) is 0 Å². The summed E-state index contributed by atoms with van der Waals surface area (Å²) in [5.74, 6) is 2.00. The quantitative estimate of drug-likeness (QED) is 0.773. The summed E-state index contributed by atoms with van der Waals surface area (Å²) in [5.41, 5.74) is 8.17. The molecule has 2 aromatic rings. The fourth-order valence-corrected chi connectivity index (χ4v) is 2.34. The predicted octanol–water partition coefficient (Wildman–Crippen LogP) is 5.67. The maximum Gasteiger partial charge on any atom is 0.146 e. The molecule has 0 amide bonds. The van der Waals surface area contributed by atoms with Crippen molar-refractivity contribution in [1.82, 2.24) is 0 Å². The highest BCUT2D eigenvalue weighted by Crippen LogP contribution is 2.32. The molecule has 112 valence electrons. The van der Waals surface area contributed by atoms with Crippen LogP contribution in [-0.4, -0.2) is 0 Å². The lowest BCUT2D eigenvalue weighted by molar-refractivity contribution is 0.482. The molecule has 1 unspecified atom stereocenters. The normalized spacial score (nSPS) is 13.8. The van der Waals surface area contributed by atoms with Crippen molar-refractivity contribution in [2.24, 2.45) is 5.73 Å². The lowest BCUT2D eigenvalue weighted by atomic mass is 9.99. The van der Waals surface area contributed by atoms with Crippen LogP contribution in [0.5, 0.6) is 11.5 Å². The summed E-state index contributed by atoms with van der Waals surface area (Å²) in [5, 5.41) is 0.579. The van der Waals surface area contributed by atoms with Crippen molar-refractivity contribution in [2.45, 2.75) is 39.2 Å². The molecule has 0 aliphatic rings. The maximum atomic E-state index is 6.25. The van der Waals surface area contributed by atoms with E-state index in [2.05, 4.69) is 26.0 Å². The van der Waals surface area contributed by atoms with Crippen LogP contribution in [0, 0.1) is 0 Å². The standard InChI is InChI=1S/C18H22ClNO/c1-4-12(2)14-5-8-16(9-6-14)21-18-10-7-15(13(3)20)11-17(18)19/h5-13H,4,20H2,1-3H3/t12?,13-/m1/s1. The van der Waals surface area contributed by atoms with Gasteiger partial charge in [-0.1, -0.05) is 43.6 Å². The molecule has 0 saturated heterocycles. The van der Waals surface area contributed by atoms with Crippen LogP contribution in [0.4, 0.5) is 0 Å². The van der Waals surface area contributed by atoms with Crippen LogP contribution in [0.25, 0.3) is 0 Å². The van der Waals surface area contributed by atoms with Crippen LogP contribution in [0.3, 0.4) is 0 Å². The van der Waals surface area contributed by atoms with E-state index in [-0.39, 0.29) is 6.04 Å². The average molecular weight is 304 g/mol. The molecule has 0 aliphatic carbocycles. The van der Waals surface area contributed by atoms with Crippen molar-refractivity contribution < 1.29 is 4.74 Å². The minimum Gasteiger partial charge on any atom is -0.456 e. The summed E-state index contributed by atoms with van der Waals surface area (Å²) in [6.07, 6.45) is 1.13. The molecule has 2 rings (SSSR count). The van der Waals surface area contributed by atoms with Crippen molar-refractivity contribution in [1.29, 1.82) is 0 Å². The Morgan fingerprint density at radius 1 is 1.05 bits per heavy atom. The second kappa shape index (κ2) is 6.97. The number of nitrogens with two attached hydrogens (primary N) is 1. The largest absolute Gasteiger partial charge is 0.456 e. The Labute approximate surface area is 131 Å². The molecule has 0 radical (unpaired) electrons. The molecule has 0 aliphatic heterocycles. The summed E-state index contributed by atoms with van der Waals surface area (Å²) >= 11 is 6.25. The van der Waals surface area contributed by atoms with E-state index in [9.17, 15) is 0 Å². The van der Waals surface area contributed by atoms with Gasteiger partial charge in [-0.3, -0.25) is 0 Å². The third-order valence-electron chi connectivity index (χ3n) is 3.77. The van der Waals surface area contributed by atoms with Crippen LogP contribution in [0.15, 0.2) is 42.5 Å². The Balaban J connectivity index is 2.15. The summed E-state index contributed by atoms with van der Waals surface area (Å²) in [4.78, 5) is 0. The summed E-state index contributed by atoms with van der Waals surface area (Å²) < 4.78 is 5.84. The highest BCUT2D eigenvalue weighted by Gasteiger charge is 2.08. The van der Waals surface area contributed by atoms with Crippen molar-refractivity contribution in [3.8, 4) is 11.5 Å². The lowest BCUT2D eigenvalue weighted by Gasteiger charge is -2.12. The molecule has 2 N–H and O–H groups in total. The van der Waals surface area contributed by atoms with Gasteiger partial charge in [0.1, 0.15) is 11.5 Å².